The summed E-state index contributed by atoms with van der Waals surface area (Å²) in [6.45, 7) is 17.7. The summed E-state index contributed by atoms with van der Waals surface area (Å²) in [5, 5.41) is 82.1. The van der Waals surface area contributed by atoms with Crippen molar-refractivity contribution in [2.75, 3.05) is 13.2 Å². The summed E-state index contributed by atoms with van der Waals surface area (Å²) in [6.07, 6.45) is 5.11. The summed E-state index contributed by atoms with van der Waals surface area (Å²) < 4.78 is 13.8. The monoisotopic (exact) mass is 1470 g/mol. The van der Waals surface area contributed by atoms with Crippen molar-refractivity contribution in [2.45, 2.75) is 79.1 Å². The summed E-state index contributed by atoms with van der Waals surface area (Å²) in [4.78, 5) is 36.3. The van der Waals surface area contributed by atoms with Gasteiger partial charge in [0.05, 0.1) is 56.1 Å². The van der Waals surface area contributed by atoms with Crippen LogP contribution < -0.4 is 9.47 Å². The van der Waals surface area contributed by atoms with Gasteiger partial charge in [-0.05, 0) is 179 Å². The number of rotatable bonds is 16. The average Bonchev–Trinajstić information content (AvgIpc) is 1.51. The predicted molar refractivity (Wildman–Crippen MR) is 425 cm³/mol. The van der Waals surface area contributed by atoms with Gasteiger partial charge in [-0.15, -0.1) is 45.3 Å². The largest absolute Gasteiger partial charge is 0.492 e. The lowest BCUT2D eigenvalue weighted by Gasteiger charge is -2.35. The number of hydrogen-bond acceptors (Lipinski definition) is 16. The molecule has 2 unspecified atom stereocenters. The Bertz CT molecular complexity index is 5740. The van der Waals surface area contributed by atoms with Gasteiger partial charge in [-0.3, -0.25) is 9.59 Å². The molecule has 0 N–H and O–H groups in total. The summed E-state index contributed by atoms with van der Waals surface area (Å²) in [6, 6.07) is 70.5. The molecule has 12 nitrogen and oxygen atoms in total. The topological polar surface area (TPSA) is 243 Å². The zero-order valence-electron chi connectivity index (χ0n) is 60.0. The third-order valence-electron chi connectivity index (χ3n) is 21.4. The molecule has 0 amide bonds. The Kier molecular flexibility index (Phi) is 18.3. The van der Waals surface area contributed by atoms with Crippen molar-refractivity contribution in [3.63, 3.8) is 0 Å². The molecule has 518 valence electrons. The van der Waals surface area contributed by atoms with Crippen LogP contribution in [0.4, 0.5) is 0 Å². The first-order valence-corrected chi connectivity index (χ1v) is 38.5. The standard InChI is InChI=1S/C92H62N8O4S4/c1-9-49(3)47-103-79-33-65(31-73-83(59(43-97)44-98)67-27-55(39-93)57(41-95)29-69(67)85(73)101)105-89(79)81-37-77-87(107-81)71-35-76-72(36-75(71)91(77,61-19-11-51(5)12-20-61)62-21-13-52(6)14-22-62)88-78(92(76,63-23-15-53(7)16-24-63)64-25-17-54(8)18-26-64)38-82(108-88)90-80(104-48-50(4)10-2)34-66(106-90)32-74-84(60(45-99)46-100)68-28-56(40-94)58(42-96)30-70(68)86(74)102/h11-38,49-50H,9-10,47-48H2,1-8H3/b73-31-,74-32-. The van der Waals surface area contributed by atoms with E-state index in [0.29, 0.717) is 34.5 Å². The lowest BCUT2D eigenvalue weighted by atomic mass is 9.65. The number of hydrogen-bond donors (Lipinski definition) is 0. The van der Waals surface area contributed by atoms with Gasteiger partial charge >= 0.3 is 0 Å². The van der Waals surface area contributed by atoms with E-state index in [4.69, 9.17) is 9.47 Å². The molecule has 0 saturated heterocycles. The molecular formula is C92H62N8O4S4. The number of ketones is 2. The first kappa shape index (κ1) is 70.8. The Morgan fingerprint density at radius 3 is 0.981 bits per heavy atom. The molecule has 0 fully saturated rings. The number of carbonyl (C=O) groups excluding carboxylic acids is 2. The highest BCUT2D eigenvalue weighted by atomic mass is 32.1. The molecule has 4 aliphatic rings. The molecule has 0 radical (unpaired) electrons. The number of fused-ring (bicyclic) bond motifs is 8. The highest BCUT2D eigenvalue weighted by Gasteiger charge is 2.54. The number of carbonyl (C=O) groups is 2. The molecule has 11 aromatic rings. The fourth-order valence-corrected chi connectivity index (χ4v) is 20.2. The van der Waals surface area contributed by atoms with E-state index in [1.165, 1.54) is 46.9 Å². The van der Waals surface area contributed by atoms with Gasteiger partial charge in [0, 0.05) is 62.7 Å². The lowest BCUT2D eigenvalue weighted by molar-refractivity contribution is 0.103. The highest BCUT2D eigenvalue weighted by molar-refractivity contribution is 7.25. The highest BCUT2D eigenvalue weighted by Crippen LogP contribution is 2.67. The molecule has 2 atom stereocenters. The Hall–Kier alpha value is -12.8. The number of aryl methyl sites for hydroxylation is 4. The van der Waals surface area contributed by atoms with E-state index >= 15 is 0 Å². The van der Waals surface area contributed by atoms with E-state index < -0.39 is 22.4 Å². The van der Waals surface area contributed by atoms with E-state index in [0.717, 1.165) is 120 Å². The van der Waals surface area contributed by atoms with Crippen LogP contribution in [-0.4, -0.2) is 24.8 Å². The van der Waals surface area contributed by atoms with E-state index in [-0.39, 0.29) is 89.8 Å². The summed E-state index contributed by atoms with van der Waals surface area (Å²) in [5.41, 5.74) is 13.7. The molecule has 16 heteroatoms. The first-order valence-electron chi connectivity index (χ1n) is 35.2. The number of nitrogens with zero attached hydrogens (tertiary/aromatic N) is 8. The maximum atomic E-state index is 14.7. The summed E-state index contributed by atoms with van der Waals surface area (Å²) in [5.74, 6) is 0.598. The molecule has 4 heterocycles. The number of thiophene rings is 4. The molecule has 4 aliphatic carbocycles. The number of Topliss-reactive ketones (excluding diaryl/α,β-unsaturated/α-hetero) is 2. The van der Waals surface area contributed by atoms with Gasteiger partial charge in [0.15, 0.2) is 11.6 Å². The van der Waals surface area contributed by atoms with Crippen molar-refractivity contribution in [2.24, 2.45) is 11.8 Å². The third-order valence-corrected chi connectivity index (χ3v) is 26.2. The second-order valence-electron chi connectivity index (χ2n) is 28.0. The van der Waals surface area contributed by atoms with Crippen LogP contribution in [0.15, 0.2) is 180 Å². The fraction of sp³-hybridized carbons (Fsp3) is 0.174. The van der Waals surface area contributed by atoms with Gasteiger partial charge in [-0.25, -0.2) is 0 Å². The van der Waals surface area contributed by atoms with Gasteiger partial charge in [0.1, 0.15) is 71.2 Å². The van der Waals surface area contributed by atoms with Crippen molar-refractivity contribution >= 4 is 80.2 Å². The molecule has 108 heavy (non-hydrogen) atoms. The van der Waals surface area contributed by atoms with Crippen LogP contribution in [0.25, 0.3) is 63.7 Å². The maximum Gasteiger partial charge on any atom is 0.194 e. The number of allylic oxidation sites excluding steroid dienone is 6. The molecule has 4 aromatic heterocycles. The minimum absolute atomic E-state index is 0.00951. The van der Waals surface area contributed by atoms with E-state index in [9.17, 15) is 51.7 Å². The van der Waals surface area contributed by atoms with Gasteiger partial charge in [0.25, 0.3) is 0 Å². The number of benzene rings is 7. The third kappa shape index (κ3) is 11.3. The molecule has 0 spiro atoms. The van der Waals surface area contributed by atoms with Crippen molar-refractivity contribution < 1.29 is 19.1 Å². The van der Waals surface area contributed by atoms with Gasteiger partial charge in [-0.2, -0.15) is 42.1 Å². The van der Waals surface area contributed by atoms with Crippen LogP contribution in [-0.2, 0) is 10.8 Å². The predicted octanol–water partition coefficient (Wildman–Crippen LogP) is 21.7. The van der Waals surface area contributed by atoms with E-state index in [2.05, 4.69) is 177 Å². The molecule has 0 aliphatic heterocycles. The molecule has 15 rings (SSSR count). The second-order valence-corrected chi connectivity index (χ2v) is 32.3. The first-order chi connectivity index (χ1) is 52.3. The van der Waals surface area contributed by atoms with Gasteiger partial charge in [-0.1, -0.05) is 160 Å². The van der Waals surface area contributed by atoms with Crippen LogP contribution in [0.2, 0.25) is 0 Å². The maximum absolute atomic E-state index is 14.7. The number of ether oxygens (including phenoxy) is 2. The Morgan fingerprint density at radius 2 is 0.694 bits per heavy atom. The quantitative estimate of drug-likeness (QED) is 0.0648. The summed E-state index contributed by atoms with van der Waals surface area (Å²) >= 11 is 6.24. The van der Waals surface area contributed by atoms with Crippen molar-refractivity contribution in [3.8, 4) is 100 Å². The normalized spacial score (nSPS) is 14.9. The van der Waals surface area contributed by atoms with Crippen molar-refractivity contribution in [1.82, 2.24) is 0 Å². The van der Waals surface area contributed by atoms with Crippen LogP contribution in [0.5, 0.6) is 11.5 Å². The number of nitriles is 8. The van der Waals surface area contributed by atoms with Crippen molar-refractivity contribution in [1.29, 1.82) is 42.1 Å². The molecule has 0 saturated carbocycles. The zero-order chi connectivity index (χ0) is 75.8. The van der Waals surface area contributed by atoms with Crippen LogP contribution >= 0.6 is 45.3 Å². The van der Waals surface area contributed by atoms with Crippen LogP contribution in [0.3, 0.4) is 0 Å². The van der Waals surface area contributed by atoms with Crippen LogP contribution in [0, 0.1) is 130 Å². The summed E-state index contributed by atoms with van der Waals surface area (Å²) in [7, 11) is 0. The fourth-order valence-electron chi connectivity index (χ4n) is 15.4. The lowest BCUT2D eigenvalue weighted by Crippen LogP contribution is -2.30. The van der Waals surface area contributed by atoms with Gasteiger partial charge < -0.3 is 9.47 Å². The van der Waals surface area contributed by atoms with Crippen molar-refractivity contribution in [3.05, 3.63) is 301 Å². The molecule has 7 aromatic carbocycles. The second kappa shape index (κ2) is 27.9. The van der Waals surface area contributed by atoms with E-state index in [1.807, 2.05) is 60.7 Å². The smallest absolute Gasteiger partial charge is 0.194 e. The Balaban J connectivity index is 0.987. The molecular weight excluding hydrogens is 1410 g/mol. The average molecular weight is 1470 g/mol. The van der Waals surface area contributed by atoms with Gasteiger partial charge in [0.2, 0.25) is 0 Å². The minimum atomic E-state index is -0.937. The SMILES string of the molecule is CCC(C)COc1cc(/C=C2\C(=O)c3cc(C#N)c(C#N)cc3C2=C(C#N)C#N)sc1-c1cc2c(s1)-c1cc3c(cc1C2(c1ccc(C)cc1)c1ccc(C)cc1)-c1sc(-c2sc(/C=C4\C(=O)c5cc(C#N)c(C#N)cc5C4=C(C#N)C#N)cc2OCC(C)CC)cc1C3(c1ccc(C)cc1)c1ccc(C)cc1. The Morgan fingerprint density at radius 1 is 0.389 bits per heavy atom. The molecule has 0 bridgehead atoms. The minimum Gasteiger partial charge on any atom is -0.492 e. The van der Waals surface area contributed by atoms with Crippen LogP contribution in [0.1, 0.15) is 171 Å². The Labute approximate surface area is 642 Å². The zero-order valence-corrected chi connectivity index (χ0v) is 63.3. The van der Waals surface area contributed by atoms with E-state index in [1.54, 1.807) is 34.8 Å².